The molecule has 0 aliphatic carbocycles. The van der Waals surface area contributed by atoms with Crippen molar-refractivity contribution in [1.82, 2.24) is 15.0 Å². The second kappa shape index (κ2) is 10.1. The molecule has 3 heterocycles. The number of ether oxygens (including phenoxy) is 2. The van der Waals surface area contributed by atoms with Crippen molar-refractivity contribution in [3.05, 3.63) is 28.8 Å². The fraction of sp³-hybridized carbons (Fsp3) is 0.348. The van der Waals surface area contributed by atoms with Crippen LogP contribution in [0.3, 0.4) is 0 Å². The minimum absolute atomic E-state index is 0.00903. The number of benzene rings is 1. The highest BCUT2D eigenvalue weighted by Crippen LogP contribution is 2.44. The van der Waals surface area contributed by atoms with Gasteiger partial charge in [0.1, 0.15) is 34.8 Å². The van der Waals surface area contributed by atoms with Gasteiger partial charge < -0.3 is 20.5 Å². The zero-order chi connectivity index (χ0) is 26.9. The van der Waals surface area contributed by atoms with E-state index in [4.69, 9.17) is 15.2 Å². The molecule has 9 nitrogen and oxygen atoms in total. The topological polar surface area (TPSA) is 125 Å². The molecule has 1 atom stereocenters. The normalized spacial score (nSPS) is 16.0. The predicted octanol–water partition coefficient (Wildman–Crippen LogP) is 4.11. The molecule has 0 radical (unpaired) electrons. The standard InChI is InChI=1S/C23H21F5N6O3/c1-10-3-4-30-5-6-31-20-14-19(33-22(34-20)36-8-7-35)17(25)18(32-21(14)37-10)12-9-13(29)16(24)11(2)15(12)23(26,27)28/h5,7,9-10H,3-4,6,8,29H2,1-2H3,(H,31,33,34). The average Bonchev–Trinajstić information content (AvgIpc) is 2.86. The van der Waals surface area contributed by atoms with Crippen molar-refractivity contribution in [2.45, 2.75) is 32.5 Å². The molecule has 3 N–H and O–H groups in total. The molecule has 0 spiro atoms. The third kappa shape index (κ3) is 5.08. The maximum Gasteiger partial charge on any atom is 0.417 e. The second-order valence-electron chi connectivity index (χ2n) is 8.15. The van der Waals surface area contributed by atoms with Gasteiger partial charge in [0.25, 0.3) is 0 Å². The summed E-state index contributed by atoms with van der Waals surface area (Å²) < 4.78 is 83.6. The lowest BCUT2D eigenvalue weighted by Gasteiger charge is -2.21. The Morgan fingerprint density at radius 1 is 1.24 bits per heavy atom. The number of pyridine rings is 1. The van der Waals surface area contributed by atoms with E-state index in [0.717, 1.165) is 6.92 Å². The monoisotopic (exact) mass is 524 g/mol. The summed E-state index contributed by atoms with van der Waals surface area (Å²) in [5, 5.41) is 2.83. The van der Waals surface area contributed by atoms with Gasteiger partial charge in [-0.15, -0.1) is 0 Å². The van der Waals surface area contributed by atoms with Crippen molar-refractivity contribution in [1.29, 1.82) is 0 Å². The summed E-state index contributed by atoms with van der Waals surface area (Å²) in [5.41, 5.74) is 0.634. The molecule has 0 saturated heterocycles. The molecular weight excluding hydrogens is 503 g/mol. The van der Waals surface area contributed by atoms with E-state index >= 15 is 4.39 Å². The lowest BCUT2D eigenvalue weighted by atomic mass is 9.96. The van der Waals surface area contributed by atoms with Crippen molar-refractivity contribution in [2.75, 3.05) is 30.7 Å². The van der Waals surface area contributed by atoms with E-state index < -0.39 is 70.1 Å². The van der Waals surface area contributed by atoms with Gasteiger partial charge >= 0.3 is 12.2 Å². The number of hydrogen-bond donors (Lipinski definition) is 2. The molecule has 1 aromatic carbocycles. The Morgan fingerprint density at radius 2 is 2.00 bits per heavy atom. The van der Waals surface area contributed by atoms with Crippen LogP contribution in [0, 0.1) is 18.6 Å². The SMILES string of the molecule is Cc1c(F)c(N)cc(-c2nc3c4c(nc(OCC=O)nc4c2F)NCC=NCCC(C)O3)c1C(F)(F)F. The lowest BCUT2D eigenvalue weighted by molar-refractivity contribution is -0.137. The van der Waals surface area contributed by atoms with Crippen LogP contribution >= 0.6 is 0 Å². The first-order valence-corrected chi connectivity index (χ1v) is 11.1. The summed E-state index contributed by atoms with van der Waals surface area (Å²) in [6.45, 7) is 2.64. The predicted molar refractivity (Wildman–Crippen MR) is 125 cm³/mol. The highest BCUT2D eigenvalue weighted by atomic mass is 19.4. The summed E-state index contributed by atoms with van der Waals surface area (Å²) in [7, 11) is 0. The van der Waals surface area contributed by atoms with Crippen LogP contribution in [-0.4, -0.2) is 53.3 Å². The van der Waals surface area contributed by atoms with E-state index in [-0.39, 0.29) is 23.6 Å². The molecule has 1 aliphatic heterocycles. The molecule has 1 aliphatic rings. The largest absolute Gasteiger partial charge is 0.474 e. The number of rotatable bonds is 4. The van der Waals surface area contributed by atoms with E-state index in [1.54, 1.807) is 13.1 Å². The first-order valence-electron chi connectivity index (χ1n) is 11.1. The molecular formula is C23H21F5N6O3. The van der Waals surface area contributed by atoms with Crippen molar-refractivity contribution in [2.24, 2.45) is 4.99 Å². The smallest absolute Gasteiger partial charge is 0.417 e. The molecule has 1 unspecified atom stereocenters. The van der Waals surface area contributed by atoms with Crippen molar-refractivity contribution in [3.8, 4) is 23.1 Å². The third-order valence-electron chi connectivity index (χ3n) is 5.54. The molecule has 0 saturated carbocycles. The van der Waals surface area contributed by atoms with Gasteiger partial charge in [-0.1, -0.05) is 0 Å². The maximum absolute atomic E-state index is 16.0. The number of hydrogen-bond acceptors (Lipinski definition) is 9. The number of nitrogens with zero attached hydrogens (tertiary/aromatic N) is 4. The van der Waals surface area contributed by atoms with E-state index in [0.29, 0.717) is 25.3 Å². The van der Waals surface area contributed by atoms with Crippen LogP contribution in [0.25, 0.3) is 22.2 Å². The Balaban J connectivity index is 2.10. The van der Waals surface area contributed by atoms with Crippen molar-refractivity contribution in [3.63, 3.8) is 0 Å². The number of aliphatic imine (C=N–C) groups is 1. The van der Waals surface area contributed by atoms with Crippen LogP contribution in [0.1, 0.15) is 24.5 Å². The number of aromatic nitrogens is 3. The minimum atomic E-state index is -5.07. The Labute approximate surface area is 206 Å². The number of aldehydes is 1. The lowest BCUT2D eigenvalue weighted by Crippen LogP contribution is -2.17. The van der Waals surface area contributed by atoms with E-state index in [9.17, 15) is 22.4 Å². The Hall–Kier alpha value is -4.10. The quantitative estimate of drug-likeness (QED) is 0.297. The van der Waals surface area contributed by atoms with E-state index in [1.165, 1.54) is 0 Å². The summed E-state index contributed by atoms with van der Waals surface area (Å²) in [5.74, 6) is -2.83. The Morgan fingerprint density at radius 3 is 2.70 bits per heavy atom. The minimum Gasteiger partial charge on any atom is -0.474 e. The maximum atomic E-state index is 16.0. The van der Waals surface area contributed by atoms with E-state index in [1.807, 2.05) is 0 Å². The van der Waals surface area contributed by atoms with Crippen LogP contribution in [0.2, 0.25) is 0 Å². The van der Waals surface area contributed by atoms with Gasteiger partial charge in [-0.3, -0.25) is 9.79 Å². The van der Waals surface area contributed by atoms with Crippen LogP contribution in [0.5, 0.6) is 11.9 Å². The molecule has 0 fully saturated rings. The van der Waals surface area contributed by atoms with Gasteiger partial charge in [0.2, 0.25) is 5.88 Å². The van der Waals surface area contributed by atoms with Gasteiger partial charge in [0, 0.05) is 24.7 Å². The Bertz CT molecular complexity index is 1400. The molecule has 196 valence electrons. The highest BCUT2D eigenvalue weighted by molar-refractivity contribution is 5.97. The first-order chi connectivity index (χ1) is 17.5. The number of anilines is 2. The van der Waals surface area contributed by atoms with Crippen LogP contribution in [0.15, 0.2) is 11.1 Å². The number of nitrogens with one attached hydrogen (secondary N) is 1. The van der Waals surface area contributed by atoms with Crippen LogP contribution in [-0.2, 0) is 11.0 Å². The molecule has 0 amide bonds. The third-order valence-corrected chi connectivity index (χ3v) is 5.54. The second-order valence-corrected chi connectivity index (χ2v) is 8.15. The van der Waals surface area contributed by atoms with Gasteiger partial charge in [-0.25, -0.2) is 13.8 Å². The van der Waals surface area contributed by atoms with Crippen LogP contribution < -0.4 is 20.5 Å². The van der Waals surface area contributed by atoms with Crippen molar-refractivity contribution >= 4 is 34.9 Å². The molecule has 2 aromatic heterocycles. The first kappa shape index (κ1) is 26.0. The number of nitrogens with two attached hydrogens (primary N) is 1. The number of carbonyl (C=O) groups excluding carboxylic acids is 1. The van der Waals surface area contributed by atoms with Gasteiger partial charge in [0.05, 0.1) is 23.9 Å². The van der Waals surface area contributed by atoms with E-state index in [2.05, 4.69) is 25.3 Å². The molecule has 14 heteroatoms. The zero-order valence-electron chi connectivity index (χ0n) is 19.6. The number of nitrogen functional groups attached to an aromatic ring is 1. The van der Waals surface area contributed by atoms with Gasteiger partial charge in [-0.2, -0.15) is 23.1 Å². The van der Waals surface area contributed by atoms with Gasteiger partial charge in [-0.05, 0) is 25.5 Å². The highest BCUT2D eigenvalue weighted by Gasteiger charge is 2.39. The number of carbonyl (C=O) groups is 1. The summed E-state index contributed by atoms with van der Waals surface area (Å²) >= 11 is 0. The molecule has 37 heavy (non-hydrogen) atoms. The van der Waals surface area contributed by atoms with Gasteiger partial charge in [0.15, 0.2) is 12.1 Å². The zero-order valence-corrected chi connectivity index (χ0v) is 19.6. The molecule has 3 aromatic rings. The summed E-state index contributed by atoms with van der Waals surface area (Å²) in [6.07, 6.45) is -3.21. The van der Waals surface area contributed by atoms with Crippen LogP contribution in [0.4, 0.5) is 33.5 Å². The molecule has 4 rings (SSSR count). The summed E-state index contributed by atoms with van der Waals surface area (Å²) in [6, 6.07) is 0.247. The average molecular weight is 524 g/mol. The number of halogens is 5. The number of alkyl halides is 3. The Kier molecular flexibility index (Phi) is 7.09. The fourth-order valence-electron chi connectivity index (χ4n) is 3.86. The summed E-state index contributed by atoms with van der Waals surface area (Å²) in [4.78, 5) is 27.2. The fourth-order valence-corrected chi connectivity index (χ4v) is 3.86. The molecule has 0 bridgehead atoms. The van der Waals surface area contributed by atoms with Crippen molar-refractivity contribution < 1.29 is 36.2 Å².